The Labute approximate surface area is 115 Å². The Morgan fingerprint density at radius 3 is 2.71 bits per heavy atom. The fourth-order valence-electron chi connectivity index (χ4n) is 2.42. The molecule has 0 saturated carbocycles. The smallest absolute Gasteiger partial charge is 0.220 e. The summed E-state index contributed by atoms with van der Waals surface area (Å²) >= 11 is 5.38. The van der Waals surface area contributed by atoms with Crippen LogP contribution in [0.3, 0.4) is 0 Å². The number of carbonyl (C=O) groups excluding carboxylic acids is 1. The van der Waals surface area contributed by atoms with Gasteiger partial charge in [-0.25, -0.2) is 0 Å². The molecule has 2 heterocycles. The number of halogens is 1. The summed E-state index contributed by atoms with van der Waals surface area (Å²) in [5.41, 5.74) is -0.0339. The summed E-state index contributed by atoms with van der Waals surface area (Å²) < 4.78 is 1.18. The fourth-order valence-corrected chi connectivity index (χ4v) is 4.15. The van der Waals surface area contributed by atoms with E-state index in [0.29, 0.717) is 12.3 Å². The maximum Gasteiger partial charge on any atom is 0.220 e. The lowest BCUT2D eigenvalue weighted by Gasteiger charge is -2.33. The van der Waals surface area contributed by atoms with E-state index in [0.717, 1.165) is 12.8 Å². The van der Waals surface area contributed by atoms with Crippen LogP contribution in [-0.2, 0) is 11.2 Å². The summed E-state index contributed by atoms with van der Waals surface area (Å²) in [6.45, 7) is 6.51. The number of hydrogen-bond acceptors (Lipinski definition) is 2. The zero-order valence-electron chi connectivity index (χ0n) is 10.5. The monoisotopic (exact) mass is 315 g/mol. The lowest BCUT2D eigenvalue weighted by Crippen LogP contribution is -2.47. The zero-order chi connectivity index (χ0) is 12.6. The van der Waals surface area contributed by atoms with Crippen LogP contribution in [0.15, 0.2) is 10.5 Å². The molecule has 0 spiro atoms. The highest BCUT2D eigenvalue weighted by atomic mass is 79.9. The van der Waals surface area contributed by atoms with Crippen molar-refractivity contribution in [2.45, 2.75) is 45.6 Å². The first-order valence-electron chi connectivity index (χ1n) is 5.99. The first-order valence-corrected chi connectivity index (χ1v) is 7.60. The van der Waals surface area contributed by atoms with Gasteiger partial charge in [0.2, 0.25) is 5.91 Å². The fraction of sp³-hybridized carbons (Fsp3) is 0.615. The molecule has 1 saturated heterocycles. The van der Waals surface area contributed by atoms with Crippen molar-refractivity contribution in [2.24, 2.45) is 5.92 Å². The Bertz CT molecular complexity index is 421. The molecule has 1 fully saturated rings. The van der Waals surface area contributed by atoms with Gasteiger partial charge in [0, 0.05) is 32.6 Å². The number of nitrogens with one attached hydrogen (secondary N) is 1. The minimum Gasteiger partial charge on any atom is -0.350 e. The van der Waals surface area contributed by atoms with Crippen LogP contribution < -0.4 is 5.32 Å². The van der Waals surface area contributed by atoms with Crippen LogP contribution in [0, 0.1) is 12.8 Å². The molecule has 1 aliphatic heterocycles. The Balaban J connectivity index is 2.22. The Morgan fingerprint density at radius 1 is 1.59 bits per heavy atom. The Kier molecular flexibility index (Phi) is 3.64. The van der Waals surface area contributed by atoms with Crippen molar-refractivity contribution in [3.63, 3.8) is 0 Å². The predicted octanol–water partition coefficient (Wildman–Crippen LogP) is 3.67. The molecule has 0 aromatic carbocycles. The van der Waals surface area contributed by atoms with E-state index in [1.165, 1.54) is 14.2 Å². The number of aryl methyl sites for hydroxylation is 1. The first-order chi connectivity index (χ1) is 7.93. The molecule has 1 amide bonds. The number of amides is 1. The van der Waals surface area contributed by atoms with Crippen LogP contribution in [0.2, 0.25) is 0 Å². The standard InChI is InChI=1S/C13H18BrNOS/c1-8(2)13(5-4-12(16)15-13)7-10-6-11(14)9(3)17-10/h6,8H,4-5,7H2,1-3H3,(H,15,16). The van der Waals surface area contributed by atoms with Crippen molar-refractivity contribution >= 4 is 33.2 Å². The summed E-state index contributed by atoms with van der Waals surface area (Å²) in [4.78, 5) is 14.2. The topological polar surface area (TPSA) is 29.1 Å². The molecule has 1 aliphatic rings. The van der Waals surface area contributed by atoms with E-state index in [2.05, 4.69) is 48.1 Å². The maximum atomic E-state index is 11.5. The predicted molar refractivity (Wildman–Crippen MR) is 75.4 cm³/mol. The van der Waals surface area contributed by atoms with Gasteiger partial charge in [-0.3, -0.25) is 4.79 Å². The van der Waals surface area contributed by atoms with Crippen LogP contribution >= 0.6 is 27.3 Å². The number of rotatable bonds is 3. The van der Waals surface area contributed by atoms with E-state index < -0.39 is 0 Å². The maximum absolute atomic E-state index is 11.5. The van der Waals surface area contributed by atoms with E-state index in [9.17, 15) is 4.79 Å². The highest BCUT2D eigenvalue weighted by molar-refractivity contribution is 9.10. The summed E-state index contributed by atoms with van der Waals surface area (Å²) in [5.74, 6) is 0.668. The third kappa shape index (κ3) is 2.58. The molecule has 17 heavy (non-hydrogen) atoms. The summed E-state index contributed by atoms with van der Waals surface area (Å²) in [6, 6.07) is 2.19. The molecule has 1 unspecified atom stereocenters. The van der Waals surface area contributed by atoms with Crippen molar-refractivity contribution in [1.29, 1.82) is 0 Å². The van der Waals surface area contributed by atoms with Gasteiger partial charge in [0.15, 0.2) is 0 Å². The molecule has 1 atom stereocenters. The van der Waals surface area contributed by atoms with E-state index in [1.807, 2.05) is 11.3 Å². The second-order valence-corrected chi connectivity index (χ2v) is 7.35. The zero-order valence-corrected chi connectivity index (χ0v) is 12.9. The first kappa shape index (κ1) is 13.1. The van der Waals surface area contributed by atoms with E-state index in [-0.39, 0.29) is 11.4 Å². The number of thiophene rings is 1. The molecule has 1 aromatic rings. The lowest BCUT2D eigenvalue weighted by atomic mass is 9.81. The van der Waals surface area contributed by atoms with E-state index in [1.54, 1.807) is 0 Å². The molecule has 94 valence electrons. The minimum atomic E-state index is -0.0339. The van der Waals surface area contributed by atoms with Crippen molar-refractivity contribution in [2.75, 3.05) is 0 Å². The highest BCUT2D eigenvalue weighted by Crippen LogP contribution is 2.35. The quantitative estimate of drug-likeness (QED) is 0.906. The SMILES string of the molecule is Cc1sc(CC2(C(C)C)CCC(=O)N2)cc1Br. The van der Waals surface area contributed by atoms with Crippen LogP contribution in [-0.4, -0.2) is 11.4 Å². The van der Waals surface area contributed by atoms with Gasteiger partial charge in [0.25, 0.3) is 0 Å². The van der Waals surface area contributed by atoms with Crippen molar-refractivity contribution in [3.05, 3.63) is 20.3 Å². The molecule has 0 radical (unpaired) electrons. The largest absolute Gasteiger partial charge is 0.350 e. The minimum absolute atomic E-state index is 0.0339. The normalized spacial score (nSPS) is 24.4. The van der Waals surface area contributed by atoms with Crippen LogP contribution in [0.1, 0.15) is 36.4 Å². The van der Waals surface area contributed by atoms with Gasteiger partial charge in [0.1, 0.15) is 0 Å². The average molecular weight is 316 g/mol. The highest BCUT2D eigenvalue weighted by Gasteiger charge is 2.40. The van der Waals surface area contributed by atoms with Gasteiger partial charge < -0.3 is 5.32 Å². The molecule has 0 bridgehead atoms. The average Bonchev–Trinajstić information content (AvgIpc) is 2.73. The second-order valence-electron chi connectivity index (χ2n) is 5.15. The molecule has 1 N–H and O–H groups in total. The van der Waals surface area contributed by atoms with Crippen LogP contribution in [0.5, 0.6) is 0 Å². The van der Waals surface area contributed by atoms with Crippen molar-refractivity contribution < 1.29 is 4.79 Å². The van der Waals surface area contributed by atoms with Gasteiger partial charge >= 0.3 is 0 Å². The van der Waals surface area contributed by atoms with Crippen LogP contribution in [0.25, 0.3) is 0 Å². The van der Waals surface area contributed by atoms with E-state index >= 15 is 0 Å². The van der Waals surface area contributed by atoms with Gasteiger partial charge in [-0.05, 0) is 41.3 Å². The van der Waals surface area contributed by atoms with Gasteiger partial charge in [-0.15, -0.1) is 11.3 Å². The Morgan fingerprint density at radius 2 is 2.29 bits per heavy atom. The third-order valence-electron chi connectivity index (χ3n) is 3.69. The van der Waals surface area contributed by atoms with E-state index in [4.69, 9.17) is 0 Å². The third-order valence-corrected chi connectivity index (χ3v) is 5.83. The molecule has 0 aliphatic carbocycles. The van der Waals surface area contributed by atoms with Crippen molar-refractivity contribution in [3.8, 4) is 0 Å². The molecule has 4 heteroatoms. The molecule has 2 nitrogen and oxygen atoms in total. The lowest BCUT2D eigenvalue weighted by molar-refractivity contribution is -0.120. The molecule has 2 rings (SSSR count). The molecular formula is C13H18BrNOS. The van der Waals surface area contributed by atoms with Crippen molar-refractivity contribution in [1.82, 2.24) is 5.32 Å². The van der Waals surface area contributed by atoms with Gasteiger partial charge in [0.05, 0.1) is 0 Å². The Hall–Kier alpha value is -0.350. The van der Waals surface area contributed by atoms with Crippen LogP contribution in [0.4, 0.5) is 0 Å². The van der Waals surface area contributed by atoms with Gasteiger partial charge in [-0.1, -0.05) is 13.8 Å². The summed E-state index contributed by atoms with van der Waals surface area (Å²) in [5, 5.41) is 3.20. The number of hydrogen-bond donors (Lipinski definition) is 1. The van der Waals surface area contributed by atoms with Gasteiger partial charge in [-0.2, -0.15) is 0 Å². The number of carbonyl (C=O) groups is 1. The second kappa shape index (κ2) is 4.73. The summed E-state index contributed by atoms with van der Waals surface area (Å²) in [6.07, 6.45) is 2.58. The summed E-state index contributed by atoms with van der Waals surface area (Å²) in [7, 11) is 0. The molecular weight excluding hydrogens is 298 g/mol. The molecule has 1 aromatic heterocycles.